The van der Waals surface area contributed by atoms with Gasteiger partial charge in [-0.15, -0.1) is 0 Å². The number of aryl methyl sites for hydroxylation is 1. The third kappa shape index (κ3) is 18.5. The molecular formula is C79H85F3N6O8S2. The maximum absolute atomic E-state index is 13.4. The predicted molar refractivity (Wildman–Crippen MR) is 385 cm³/mol. The summed E-state index contributed by atoms with van der Waals surface area (Å²) in [6.07, 6.45) is 8.72. The van der Waals surface area contributed by atoms with Crippen molar-refractivity contribution in [3.63, 3.8) is 0 Å². The summed E-state index contributed by atoms with van der Waals surface area (Å²) in [6.45, 7) is 10.4. The smallest absolute Gasteiger partial charge is 0.392 e. The number of nitrogens with zero attached hydrogens (tertiary/aromatic N) is 4. The van der Waals surface area contributed by atoms with E-state index in [-0.39, 0.29) is 54.4 Å². The molecule has 0 radical (unpaired) electrons. The maximum atomic E-state index is 13.4. The van der Waals surface area contributed by atoms with Crippen LogP contribution in [0, 0.1) is 30.6 Å². The highest BCUT2D eigenvalue weighted by atomic mass is 32.2. The van der Waals surface area contributed by atoms with Crippen LogP contribution in [-0.4, -0.2) is 103 Å². The zero-order valence-electron chi connectivity index (χ0n) is 55.3. The minimum atomic E-state index is -4.44. The number of piperidine rings is 6. The average molecular weight is 1370 g/mol. The number of pyridine rings is 2. The molecule has 19 heteroatoms. The van der Waals surface area contributed by atoms with Crippen LogP contribution in [0.5, 0.6) is 0 Å². The fraction of sp³-hybridized carbons (Fsp3) is 0.329. The van der Waals surface area contributed by atoms with Gasteiger partial charge in [0.25, 0.3) is 10.1 Å². The van der Waals surface area contributed by atoms with E-state index >= 15 is 0 Å². The molecule has 9 aromatic rings. The lowest BCUT2D eigenvalue weighted by Gasteiger charge is -2.52. The third-order valence-electron chi connectivity index (χ3n) is 19.6. The number of aliphatic hydroxyl groups is 3. The Bertz CT molecular complexity index is 4310. The van der Waals surface area contributed by atoms with Crippen LogP contribution in [0.15, 0.2) is 207 Å². The zero-order valence-corrected chi connectivity index (χ0v) is 56.9. The van der Waals surface area contributed by atoms with E-state index in [0.29, 0.717) is 34.2 Å². The molecule has 2 aromatic heterocycles. The molecule has 0 aliphatic carbocycles. The van der Waals surface area contributed by atoms with Gasteiger partial charge in [-0.2, -0.15) is 21.6 Å². The summed E-state index contributed by atoms with van der Waals surface area (Å²) >= 11 is 5.69. The van der Waals surface area contributed by atoms with Gasteiger partial charge in [-0.3, -0.25) is 33.9 Å². The second-order valence-corrected chi connectivity index (χ2v) is 27.8. The molecule has 6 fully saturated rings. The number of carbonyl (C=O) groups excluding carboxylic acids is 2. The van der Waals surface area contributed by atoms with Crippen molar-refractivity contribution < 1.29 is 51.1 Å². The monoisotopic (exact) mass is 1370 g/mol. The lowest BCUT2D eigenvalue weighted by atomic mass is 9.72. The van der Waals surface area contributed by atoms with Gasteiger partial charge >= 0.3 is 6.18 Å². The van der Waals surface area contributed by atoms with E-state index < -0.39 is 33.2 Å². The first kappa shape index (κ1) is 72.4. The molecule has 6 N–H and O–H groups in total. The predicted octanol–water partition coefficient (Wildman–Crippen LogP) is 15.6. The van der Waals surface area contributed by atoms with E-state index in [1.54, 1.807) is 92.1 Å². The summed E-state index contributed by atoms with van der Waals surface area (Å²) in [5.41, 5.74) is 7.98. The number of hydrogen-bond acceptors (Lipinski definition) is 12. The van der Waals surface area contributed by atoms with Gasteiger partial charge in [0.05, 0.1) is 42.0 Å². The molecule has 0 saturated carbocycles. The molecule has 9 unspecified atom stereocenters. The van der Waals surface area contributed by atoms with Crippen LogP contribution in [0.2, 0.25) is 0 Å². The summed E-state index contributed by atoms with van der Waals surface area (Å²) in [5.74, 6) is 2.56. The van der Waals surface area contributed by atoms with Crippen molar-refractivity contribution in [2.75, 3.05) is 31.5 Å². The van der Waals surface area contributed by atoms with E-state index in [1.165, 1.54) is 19.3 Å². The van der Waals surface area contributed by atoms with Crippen LogP contribution in [0.1, 0.15) is 141 Å². The fourth-order valence-electron chi connectivity index (χ4n) is 14.4. The first-order valence-corrected chi connectivity index (χ1v) is 35.4. The summed E-state index contributed by atoms with van der Waals surface area (Å²) in [4.78, 5) is 37.8. The maximum Gasteiger partial charge on any atom is 0.416 e. The lowest BCUT2D eigenvalue weighted by Crippen LogP contribution is -2.58. The van der Waals surface area contributed by atoms with Crippen molar-refractivity contribution in [2.45, 2.75) is 115 Å². The highest BCUT2D eigenvalue weighted by molar-refractivity contribution is 7.86. The number of fused-ring (bicyclic) bond motifs is 8. The van der Waals surface area contributed by atoms with Gasteiger partial charge in [-0.1, -0.05) is 166 Å². The van der Waals surface area contributed by atoms with Crippen LogP contribution in [0.3, 0.4) is 0 Å². The van der Waals surface area contributed by atoms with Gasteiger partial charge in [-0.25, -0.2) is 0 Å². The Morgan fingerprint density at radius 2 is 1.17 bits per heavy atom. The molecular weight excluding hydrogens is 1280 g/mol. The van der Waals surface area contributed by atoms with Crippen LogP contribution in [0.4, 0.5) is 18.9 Å². The number of rotatable bonds is 18. The number of nitrogens with one attached hydrogen (secondary N) is 2. The van der Waals surface area contributed by atoms with E-state index in [9.17, 15) is 51.1 Å². The summed E-state index contributed by atoms with van der Waals surface area (Å²) in [7, 11) is -4.34. The average Bonchev–Trinajstić information content (AvgIpc) is 0.769. The minimum Gasteiger partial charge on any atom is -0.392 e. The molecule has 11 atom stereocenters. The first-order chi connectivity index (χ1) is 47.2. The van der Waals surface area contributed by atoms with Crippen LogP contribution in [0.25, 0.3) is 27.9 Å². The Balaban J connectivity index is 0.000000150. The number of thiocarbonyl (C=S) groups is 1. The molecule has 6 aliphatic heterocycles. The van der Waals surface area contributed by atoms with Crippen LogP contribution < -0.4 is 10.6 Å². The number of Topliss-reactive ketones (excluding diaryl/α,β-unsaturated/α-hetero) is 1. The quantitative estimate of drug-likeness (QED) is 0.0205. The molecule has 4 bridgehead atoms. The highest BCUT2D eigenvalue weighted by Crippen LogP contribution is 2.45. The van der Waals surface area contributed by atoms with Crippen molar-refractivity contribution in [1.82, 2.24) is 25.1 Å². The number of halogens is 3. The van der Waals surface area contributed by atoms with E-state index in [0.717, 1.165) is 125 Å². The van der Waals surface area contributed by atoms with Gasteiger partial charge in [-0.05, 0) is 181 Å². The molecule has 7 aromatic carbocycles. The standard InChI is InChI=1S/C29H33F3N4OS.C20H26N2O2.C15H14O4S.C15H12O/c1-3-19-15-36-9-7-20(19)13-26(36)27(23-6-8-33-25-5-4-18(16-37)12-24(23)25)35-28(38)34-22-11-17(2)10-21(14-22)29(30,31)32;1-2-14-11-22-8-6-15(14)10-19(22)20(24)16-5-7-21-18-4-3-13(12-23)9-17(16)18;16-14(12-7-3-1-4-8-12)11-15(20(17,18)19)13-9-5-2-6-10-13;16-15(14-9-5-2-6-10-14)12-11-13-7-3-1-4-8-13/h4-6,8,10-12,14,19-20,26-27,37H,3,7,9,13,15-16H2,1-2H3,(H2,34,35,38);3-5,7,9,14-15,19-20,23-24H,2,6,8,10-12H2,1H3;1-10,15H,11H2,(H,17,18,19);1-12H/b;;;12-11+/t19?,20?,26?,27-;14?,15?,19?,20-;;/m11../s1. The molecule has 6 aliphatic rings. The van der Waals surface area contributed by atoms with Crippen LogP contribution in [-0.2, 0) is 29.5 Å². The van der Waals surface area contributed by atoms with Gasteiger partial charge in [0, 0.05) is 71.6 Å². The summed E-state index contributed by atoms with van der Waals surface area (Å²) in [5, 5.41) is 37.8. The molecule has 8 heterocycles. The van der Waals surface area contributed by atoms with Crippen molar-refractivity contribution >= 4 is 72.6 Å². The van der Waals surface area contributed by atoms with Crippen molar-refractivity contribution in [1.29, 1.82) is 0 Å². The Kier molecular flexibility index (Phi) is 24.7. The second-order valence-electron chi connectivity index (χ2n) is 25.8. The molecule has 0 amide bonds. The topological polar surface area (TPSA) is 206 Å². The number of benzene rings is 7. The minimum absolute atomic E-state index is 0.0101. The van der Waals surface area contributed by atoms with E-state index in [1.807, 2.05) is 115 Å². The lowest BCUT2D eigenvalue weighted by molar-refractivity contribution is -0.137. The fourth-order valence-corrected chi connectivity index (χ4v) is 15.5. The van der Waals surface area contributed by atoms with Crippen molar-refractivity contribution in [2.24, 2.45) is 23.7 Å². The number of aliphatic hydroxyl groups excluding tert-OH is 3. The third-order valence-corrected chi connectivity index (χ3v) is 21.0. The Morgan fingerprint density at radius 1 is 0.663 bits per heavy atom. The number of allylic oxidation sites excluding steroid dienone is 1. The molecule has 14 nitrogen and oxygen atoms in total. The van der Waals surface area contributed by atoms with Crippen LogP contribution >= 0.6 is 12.2 Å². The Labute approximate surface area is 577 Å². The van der Waals surface area contributed by atoms with E-state index in [4.69, 9.17) is 12.2 Å². The number of carbonyl (C=O) groups is 2. The van der Waals surface area contributed by atoms with Gasteiger partial charge in [0.2, 0.25) is 0 Å². The van der Waals surface area contributed by atoms with Gasteiger partial charge < -0.3 is 26.0 Å². The molecule has 0 spiro atoms. The SMILES string of the molecule is CCC1CN2CCC1CC2[C@H](NC(=S)Nc1cc(C)cc(C(F)(F)F)c1)c1ccnc2ccc(CO)cc12.CCC1CN2CCC1CC2[C@H](O)c1ccnc2ccc(CO)cc12.O=C(/C=C/c1ccccc1)c1ccccc1.O=C(CC(c1ccccc1)S(=O)(=O)O)c1ccccc1. The molecule has 98 heavy (non-hydrogen) atoms. The number of hydrogen-bond donors (Lipinski definition) is 6. The molecule has 15 rings (SSSR count). The summed E-state index contributed by atoms with van der Waals surface area (Å²) < 4.78 is 72.6. The highest BCUT2D eigenvalue weighted by Gasteiger charge is 2.45. The molecule has 512 valence electrons. The Morgan fingerprint density at radius 3 is 1.68 bits per heavy atom. The first-order valence-electron chi connectivity index (χ1n) is 33.5. The van der Waals surface area contributed by atoms with Crippen molar-refractivity contribution in [3.05, 3.63) is 262 Å². The van der Waals surface area contributed by atoms with Gasteiger partial charge in [0.1, 0.15) is 5.25 Å². The zero-order chi connectivity index (χ0) is 69.5. The number of ketones is 2. The molecule has 6 saturated heterocycles. The number of anilines is 1. The number of aromatic nitrogens is 2. The van der Waals surface area contributed by atoms with E-state index in [2.05, 4.69) is 44.2 Å². The second kappa shape index (κ2) is 33.5. The normalized spacial score (nSPS) is 21.1. The number of alkyl halides is 3. The largest absolute Gasteiger partial charge is 0.416 e. The Hall–Kier alpha value is -8.37. The van der Waals surface area contributed by atoms with Crippen molar-refractivity contribution in [3.8, 4) is 0 Å². The van der Waals surface area contributed by atoms with Gasteiger partial charge in [0.15, 0.2) is 16.7 Å². The summed E-state index contributed by atoms with van der Waals surface area (Å²) in [6, 6.07) is 55.2.